The van der Waals surface area contributed by atoms with Crippen LogP contribution in [-0.4, -0.2) is 18.6 Å². The smallest absolute Gasteiger partial charge is 0.329 e. The van der Waals surface area contributed by atoms with Crippen LogP contribution in [0.2, 0.25) is 0 Å². The fourth-order valence-corrected chi connectivity index (χ4v) is 2.59. The molecule has 0 saturated heterocycles. The third-order valence-electron chi connectivity index (χ3n) is 2.09. The molecule has 3 N–H and O–H groups in total. The summed E-state index contributed by atoms with van der Waals surface area (Å²) < 4.78 is 44.6. The number of nitrogens with two attached hydrogens (primary N) is 1. The third kappa shape index (κ3) is 2.84. The number of sulfonamides is 1. The van der Waals surface area contributed by atoms with Crippen molar-refractivity contribution < 1.29 is 17.2 Å². The first-order chi connectivity index (χ1) is 8.79. The number of benzene rings is 1. The molecule has 7 nitrogen and oxygen atoms in total. The van der Waals surface area contributed by atoms with Gasteiger partial charge in [-0.1, -0.05) is 5.10 Å². The topological polar surface area (TPSA) is 111 Å². The number of rotatable bonds is 3. The second-order valence-electron chi connectivity index (χ2n) is 3.54. The van der Waals surface area contributed by atoms with Crippen LogP contribution >= 0.6 is 15.9 Å². The lowest BCUT2D eigenvalue weighted by Gasteiger charge is -2.07. The van der Waals surface area contributed by atoms with E-state index in [0.717, 1.165) is 12.1 Å². The molecule has 0 amide bonds. The fraction of sp³-hybridized carbons (Fsp3) is 0.111. The Morgan fingerprint density at radius 1 is 1.42 bits per heavy atom. The van der Waals surface area contributed by atoms with Gasteiger partial charge in [0.25, 0.3) is 10.0 Å². The zero-order valence-corrected chi connectivity index (χ0v) is 11.9. The molecule has 0 fully saturated rings. The Balaban J connectivity index is 2.42. The summed E-state index contributed by atoms with van der Waals surface area (Å²) >= 11 is 3.00. The molecular weight excluding hydrogens is 343 g/mol. The van der Waals surface area contributed by atoms with Gasteiger partial charge in [0.1, 0.15) is 10.7 Å². The first-order valence-electron chi connectivity index (χ1n) is 4.87. The van der Waals surface area contributed by atoms with Crippen LogP contribution in [-0.2, 0) is 10.0 Å². The molecule has 102 valence electrons. The molecule has 0 bridgehead atoms. The van der Waals surface area contributed by atoms with Gasteiger partial charge < -0.3 is 10.2 Å². The maximum Gasteiger partial charge on any atom is 0.329 e. The van der Waals surface area contributed by atoms with E-state index in [-0.39, 0.29) is 22.1 Å². The number of halogens is 2. The molecule has 2 rings (SSSR count). The molecule has 0 unspecified atom stereocenters. The third-order valence-corrected chi connectivity index (χ3v) is 4.11. The molecule has 0 radical (unpaired) electrons. The van der Waals surface area contributed by atoms with E-state index in [4.69, 9.17) is 10.2 Å². The summed E-state index contributed by atoms with van der Waals surface area (Å²) in [5.74, 6) is -0.779. The lowest BCUT2D eigenvalue weighted by Crippen LogP contribution is -2.15. The molecule has 0 spiro atoms. The van der Waals surface area contributed by atoms with E-state index in [2.05, 4.69) is 26.1 Å². The normalized spacial score (nSPS) is 11.5. The molecule has 2 aromatic rings. The van der Waals surface area contributed by atoms with Gasteiger partial charge >= 0.3 is 6.01 Å². The van der Waals surface area contributed by atoms with Crippen molar-refractivity contribution >= 4 is 37.7 Å². The van der Waals surface area contributed by atoms with Gasteiger partial charge in [-0.05, 0) is 28.1 Å². The zero-order valence-electron chi connectivity index (χ0n) is 9.52. The minimum Gasteiger partial charge on any atom is -0.408 e. The van der Waals surface area contributed by atoms with Gasteiger partial charge in [0.2, 0.25) is 5.89 Å². The molecule has 0 aliphatic heterocycles. The summed E-state index contributed by atoms with van der Waals surface area (Å²) in [6.07, 6.45) is 0. The maximum atomic E-state index is 13.7. The molecule has 0 atom stereocenters. The highest BCUT2D eigenvalue weighted by atomic mass is 79.9. The van der Waals surface area contributed by atoms with Gasteiger partial charge in [0.15, 0.2) is 0 Å². The number of aryl methyl sites for hydroxylation is 1. The first kappa shape index (κ1) is 13.7. The molecule has 0 aliphatic carbocycles. The Morgan fingerprint density at radius 2 is 2.11 bits per heavy atom. The molecule has 19 heavy (non-hydrogen) atoms. The van der Waals surface area contributed by atoms with Crippen LogP contribution in [0.5, 0.6) is 0 Å². The van der Waals surface area contributed by atoms with Gasteiger partial charge in [-0.15, -0.1) is 5.10 Å². The van der Waals surface area contributed by atoms with Gasteiger partial charge in [-0.3, -0.25) is 0 Å². The summed E-state index contributed by atoms with van der Waals surface area (Å²) in [6, 6.07) is 1.60. The lowest BCUT2D eigenvalue weighted by atomic mass is 10.3. The van der Waals surface area contributed by atoms with Crippen molar-refractivity contribution in [3.8, 4) is 0 Å². The standard InChI is InChI=1S/C9H8BrFN4O3S/c1-4-13-14-9(18-4)15-19(16,17)8-3-7(12)5(10)2-6(8)11/h2-3H,12H2,1H3,(H,14,15). The maximum absolute atomic E-state index is 13.7. The van der Waals surface area contributed by atoms with Crippen LogP contribution in [0.1, 0.15) is 5.89 Å². The number of nitrogen functional groups attached to an aromatic ring is 1. The highest BCUT2D eigenvalue weighted by Gasteiger charge is 2.23. The predicted molar refractivity (Wildman–Crippen MR) is 68.4 cm³/mol. The van der Waals surface area contributed by atoms with Crippen molar-refractivity contribution in [2.75, 3.05) is 10.5 Å². The largest absolute Gasteiger partial charge is 0.408 e. The summed E-state index contributed by atoms with van der Waals surface area (Å²) in [5, 5.41) is 6.91. The second kappa shape index (κ2) is 4.78. The van der Waals surface area contributed by atoms with Gasteiger partial charge in [0, 0.05) is 17.1 Å². The first-order valence-corrected chi connectivity index (χ1v) is 7.14. The number of aromatic nitrogens is 2. The molecule has 0 aliphatic rings. The molecular formula is C9H8BrFN4O3S. The van der Waals surface area contributed by atoms with E-state index in [9.17, 15) is 12.8 Å². The molecule has 1 aromatic heterocycles. The van der Waals surface area contributed by atoms with Gasteiger partial charge in [0.05, 0.1) is 0 Å². The van der Waals surface area contributed by atoms with E-state index in [0.29, 0.717) is 0 Å². The van der Waals surface area contributed by atoms with E-state index in [1.807, 2.05) is 4.72 Å². The van der Waals surface area contributed by atoms with Gasteiger partial charge in [-0.2, -0.15) is 0 Å². The number of hydrogen-bond acceptors (Lipinski definition) is 6. The van der Waals surface area contributed by atoms with Crippen LogP contribution in [0.3, 0.4) is 0 Å². The monoisotopic (exact) mass is 350 g/mol. The molecule has 1 aromatic carbocycles. The highest BCUT2D eigenvalue weighted by molar-refractivity contribution is 9.10. The van der Waals surface area contributed by atoms with E-state index in [1.165, 1.54) is 6.92 Å². The Hall–Kier alpha value is -1.68. The summed E-state index contributed by atoms with van der Waals surface area (Å²) in [4.78, 5) is -0.607. The zero-order chi connectivity index (χ0) is 14.2. The predicted octanol–water partition coefficient (Wildman–Crippen LogP) is 1.66. The van der Waals surface area contributed by atoms with Crippen molar-refractivity contribution in [3.63, 3.8) is 0 Å². The average Bonchev–Trinajstić information content (AvgIpc) is 2.68. The summed E-state index contributed by atoms with van der Waals surface area (Å²) in [7, 11) is -4.19. The van der Waals surface area contributed by atoms with Crippen LogP contribution in [0.15, 0.2) is 25.9 Å². The van der Waals surface area contributed by atoms with Gasteiger partial charge in [-0.25, -0.2) is 17.5 Å². The second-order valence-corrected chi connectivity index (χ2v) is 6.04. The van der Waals surface area contributed by atoms with Crippen molar-refractivity contribution in [2.24, 2.45) is 0 Å². The molecule has 0 saturated carbocycles. The summed E-state index contributed by atoms with van der Waals surface area (Å²) in [5.41, 5.74) is 5.61. The lowest BCUT2D eigenvalue weighted by molar-refractivity contribution is 0.533. The Labute approximate surface area is 116 Å². The highest BCUT2D eigenvalue weighted by Crippen LogP contribution is 2.27. The van der Waals surface area contributed by atoms with E-state index < -0.39 is 20.7 Å². The Kier molecular flexibility index (Phi) is 3.45. The minimum absolute atomic E-state index is 0.0866. The van der Waals surface area contributed by atoms with Crippen LogP contribution in [0.25, 0.3) is 0 Å². The van der Waals surface area contributed by atoms with Crippen molar-refractivity contribution in [3.05, 3.63) is 28.3 Å². The number of hydrogen-bond donors (Lipinski definition) is 2. The van der Waals surface area contributed by atoms with E-state index in [1.54, 1.807) is 0 Å². The van der Waals surface area contributed by atoms with Crippen molar-refractivity contribution in [2.45, 2.75) is 11.8 Å². The molecule has 10 heteroatoms. The summed E-state index contributed by atoms with van der Waals surface area (Å²) in [6.45, 7) is 1.49. The van der Waals surface area contributed by atoms with Crippen molar-refractivity contribution in [1.82, 2.24) is 10.2 Å². The quantitative estimate of drug-likeness (QED) is 0.814. The minimum atomic E-state index is -4.19. The molecule has 1 heterocycles. The average molecular weight is 351 g/mol. The number of nitrogens with zero attached hydrogens (tertiary/aromatic N) is 2. The fourth-order valence-electron chi connectivity index (χ4n) is 1.26. The van der Waals surface area contributed by atoms with Crippen LogP contribution in [0, 0.1) is 12.7 Å². The van der Waals surface area contributed by atoms with Crippen LogP contribution < -0.4 is 10.5 Å². The van der Waals surface area contributed by atoms with Crippen molar-refractivity contribution in [1.29, 1.82) is 0 Å². The number of nitrogens with one attached hydrogen (secondary N) is 1. The van der Waals surface area contributed by atoms with E-state index >= 15 is 0 Å². The number of anilines is 2. The SMILES string of the molecule is Cc1nnc(NS(=O)(=O)c2cc(N)c(Br)cc2F)o1. The Morgan fingerprint density at radius 3 is 2.68 bits per heavy atom. The van der Waals surface area contributed by atoms with Crippen LogP contribution in [0.4, 0.5) is 16.1 Å². The Bertz CT molecular complexity index is 731.